The molecule has 172 valence electrons. The van der Waals surface area contributed by atoms with Crippen molar-refractivity contribution < 1.29 is 24.5 Å². The summed E-state index contributed by atoms with van der Waals surface area (Å²) in [5, 5.41) is 22.6. The van der Waals surface area contributed by atoms with E-state index in [1.165, 1.54) is 13.2 Å². The lowest BCUT2D eigenvalue weighted by Gasteiger charge is -2.18. The summed E-state index contributed by atoms with van der Waals surface area (Å²) in [7, 11) is 1.53. The summed E-state index contributed by atoms with van der Waals surface area (Å²) in [5.41, 5.74) is 3.03. The van der Waals surface area contributed by atoms with Crippen molar-refractivity contribution in [2.24, 2.45) is 0 Å². The zero-order valence-electron chi connectivity index (χ0n) is 18.4. The van der Waals surface area contributed by atoms with Crippen LogP contribution in [0.2, 0.25) is 0 Å². The Labute approximate surface area is 195 Å². The molecule has 0 radical (unpaired) electrons. The van der Waals surface area contributed by atoms with Crippen LogP contribution in [0, 0.1) is 0 Å². The molecular weight excluding hydrogens is 434 g/mol. The van der Waals surface area contributed by atoms with Crippen molar-refractivity contribution >= 4 is 22.8 Å². The molecule has 0 aliphatic heterocycles. The molecular formula is C26H23N3O5. The minimum Gasteiger partial charge on any atom is -0.508 e. The smallest absolute Gasteiger partial charge is 0.336 e. The second-order valence-electron chi connectivity index (χ2n) is 7.82. The maximum atomic E-state index is 13.0. The Bertz CT molecular complexity index is 1320. The number of rotatable bonds is 8. The lowest BCUT2D eigenvalue weighted by molar-refractivity contribution is 0.0699. The molecule has 3 N–H and O–H groups in total. The van der Waals surface area contributed by atoms with Gasteiger partial charge in [0, 0.05) is 24.9 Å². The van der Waals surface area contributed by atoms with E-state index in [2.05, 4.69) is 15.3 Å². The number of benzene rings is 2. The van der Waals surface area contributed by atoms with Crippen LogP contribution in [-0.2, 0) is 11.2 Å². The molecule has 0 saturated heterocycles. The number of aromatic nitrogens is 2. The van der Waals surface area contributed by atoms with Gasteiger partial charge in [0.2, 0.25) is 0 Å². The Morgan fingerprint density at radius 3 is 2.41 bits per heavy atom. The molecule has 0 aliphatic carbocycles. The molecule has 4 rings (SSSR count). The quantitative estimate of drug-likeness (QED) is 0.369. The lowest BCUT2D eigenvalue weighted by Crippen LogP contribution is -2.40. The number of carboxylic acids is 1. The molecule has 0 fully saturated rings. The van der Waals surface area contributed by atoms with E-state index >= 15 is 0 Å². The van der Waals surface area contributed by atoms with Gasteiger partial charge >= 0.3 is 5.97 Å². The van der Waals surface area contributed by atoms with Gasteiger partial charge in [-0.3, -0.25) is 9.78 Å². The molecule has 8 heteroatoms. The highest BCUT2D eigenvalue weighted by Crippen LogP contribution is 2.26. The number of methoxy groups -OCH3 is 1. The fraction of sp³-hybridized carbons (Fsp3) is 0.154. The van der Waals surface area contributed by atoms with Crippen molar-refractivity contribution in [2.45, 2.75) is 12.5 Å². The number of carbonyl (C=O) groups excluding carboxylic acids is 1. The molecule has 1 atom stereocenters. The van der Waals surface area contributed by atoms with E-state index < -0.39 is 11.9 Å². The van der Waals surface area contributed by atoms with Gasteiger partial charge in [-0.05, 0) is 65.6 Å². The molecule has 2 heterocycles. The molecule has 0 unspecified atom stereocenters. The Hall–Kier alpha value is -4.30. The van der Waals surface area contributed by atoms with E-state index in [0.29, 0.717) is 17.3 Å². The Balaban J connectivity index is 1.63. The Morgan fingerprint density at radius 1 is 1.00 bits per heavy atom. The fourth-order valence-electron chi connectivity index (χ4n) is 3.77. The predicted octanol–water partition coefficient (Wildman–Crippen LogP) is 3.69. The predicted molar refractivity (Wildman–Crippen MR) is 127 cm³/mol. The topological polar surface area (TPSA) is 122 Å². The van der Waals surface area contributed by atoms with Gasteiger partial charge in [-0.15, -0.1) is 0 Å². The average Bonchev–Trinajstić information content (AvgIpc) is 2.85. The monoisotopic (exact) mass is 457 g/mol. The highest BCUT2D eigenvalue weighted by molar-refractivity contribution is 6.06. The number of phenols is 1. The highest BCUT2D eigenvalue weighted by Gasteiger charge is 2.20. The number of aromatic carboxylic acids is 1. The Kier molecular flexibility index (Phi) is 6.79. The number of hydrogen-bond acceptors (Lipinski definition) is 6. The number of nitrogens with zero attached hydrogens (tertiary/aromatic N) is 2. The first-order valence-electron chi connectivity index (χ1n) is 10.6. The molecule has 0 saturated carbocycles. The van der Waals surface area contributed by atoms with Crippen LogP contribution in [0.1, 0.15) is 26.4 Å². The van der Waals surface area contributed by atoms with Crippen molar-refractivity contribution in [1.82, 2.24) is 15.3 Å². The largest absolute Gasteiger partial charge is 0.508 e. The van der Waals surface area contributed by atoms with Crippen molar-refractivity contribution in [3.8, 4) is 16.9 Å². The molecule has 2 aromatic heterocycles. The van der Waals surface area contributed by atoms with Gasteiger partial charge in [-0.2, -0.15) is 0 Å². The maximum absolute atomic E-state index is 13.0. The number of amides is 1. The van der Waals surface area contributed by atoms with Crippen LogP contribution in [0.15, 0.2) is 73.1 Å². The molecule has 0 spiro atoms. The zero-order chi connectivity index (χ0) is 24.1. The summed E-state index contributed by atoms with van der Waals surface area (Å²) in [5.74, 6) is -1.49. The van der Waals surface area contributed by atoms with Crippen molar-refractivity contribution in [3.63, 3.8) is 0 Å². The molecule has 4 aromatic rings. The lowest BCUT2D eigenvalue weighted by atomic mass is 10.0. The van der Waals surface area contributed by atoms with E-state index in [1.54, 1.807) is 48.8 Å². The third kappa shape index (κ3) is 5.19. The molecule has 8 nitrogen and oxygen atoms in total. The highest BCUT2D eigenvalue weighted by atomic mass is 16.5. The third-order valence-electron chi connectivity index (χ3n) is 5.41. The van der Waals surface area contributed by atoms with E-state index in [9.17, 15) is 19.8 Å². The maximum Gasteiger partial charge on any atom is 0.336 e. The first-order valence-corrected chi connectivity index (χ1v) is 10.6. The average molecular weight is 457 g/mol. The molecule has 0 bridgehead atoms. The number of hydrogen-bond donors (Lipinski definition) is 3. The summed E-state index contributed by atoms with van der Waals surface area (Å²) >= 11 is 0. The summed E-state index contributed by atoms with van der Waals surface area (Å²) in [6.45, 7) is 0.251. The van der Waals surface area contributed by atoms with Crippen LogP contribution in [-0.4, -0.2) is 51.8 Å². The summed E-state index contributed by atoms with van der Waals surface area (Å²) in [4.78, 5) is 33.5. The van der Waals surface area contributed by atoms with Gasteiger partial charge in [0.15, 0.2) is 0 Å². The van der Waals surface area contributed by atoms with E-state index in [4.69, 9.17) is 4.74 Å². The summed E-state index contributed by atoms with van der Waals surface area (Å²) < 4.78 is 5.24. The van der Waals surface area contributed by atoms with Gasteiger partial charge < -0.3 is 20.3 Å². The second-order valence-corrected chi connectivity index (χ2v) is 7.82. The van der Waals surface area contributed by atoms with Crippen molar-refractivity contribution in [2.75, 3.05) is 13.7 Å². The van der Waals surface area contributed by atoms with Gasteiger partial charge in [0.1, 0.15) is 11.4 Å². The van der Waals surface area contributed by atoms with Crippen LogP contribution < -0.4 is 5.32 Å². The van der Waals surface area contributed by atoms with Gasteiger partial charge in [-0.25, -0.2) is 9.78 Å². The van der Waals surface area contributed by atoms with Crippen LogP contribution in [0.3, 0.4) is 0 Å². The second kappa shape index (κ2) is 10.1. The number of carbonyl (C=O) groups is 2. The van der Waals surface area contributed by atoms with Gasteiger partial charge in [-0.1, -0.05) is 18.2 Å². The molecule has 0 aliphatic rings. The molecule has 34 heavy (non-hydrogen) atoms. The summed E-state index contributed by atoms with van der Waals surface area (Å²) in [6, 6.07) is 16.6. The van der Waals surface area contributed by atoms with E-state index in [0.717, 1.165) is 16.7 Å². The number of fused-ring (bicyclic) bond motifs is 1. The van der Waals surface area contributed by atoms with Crippen molar-refractivity contribution in [3.05, 3.63) is 89.9 Å². The molecule has 1 amide bonds. The van der Waals surface area contributed by atoms with Gasteiger partial charge in [0.25, 0.3) is 5.91 Å². The Morgan fingerprint density at radius 2 is 1.74 bits per heavy atom. The van der Waals surface area contributed by atoms with Gasteiger partial charge in [0.05, 0.1) is 23.7 Å². The minimum atomic E-state index is -1.15. The van der Waals surface area contributed by atoms with E-state index in [1.807, 2.05) is 18.2 Å². The number of pyridine rings is 2. The number of phenolic OH excluding ortho intramolecular Hbond substituents is 1. The van der Waals surface area contributed by atoms with Crippen LogP contribution in [0.25, 0.3) is 22.0 Å². The van der Waals surface area contributed by atoms with E-state index in [-0.39, 0.29) is 29.7 Å². The normalized spacial score (nSPS) is 11.8. The van der Waals surface area contributed by atoms with Crippen LogP contribution >= 0.6 is 0 Å². The minimum absolute atomic E-state index is 0.00659. The number of carboxylic acid groups (broad SMARTS) is 1. The first-order chi connectivity index (χ1) is 16.4. The number of nitrogens with one attached hydrogen (secondary N) is 1. The SMILES string of the molecule is COC[C@H](Cc1ccc(O)cc1)NC(=O)c1cc(C(=O)O)c2cc(-c3ccncc3)ccc2n1. The standard InChI is InChI=1S/C26H23N3O5/c1-34-15-19(12-16-2-5-20(30)6-3-16)28-25(31)24-14-22(26(32)33)21-13-18(4-7-23(21)29-24)17-8-10-27-11-9-17/h2-11,13-14,19,30H,12,15H2,1H3,(H,28,31)(H,32,33)/t19-/m0/s1. The first kappa shape index (κ1) is 22.9. The van der Waals surface area contributed by atoms with Crippen molar-refractivity contribution in [1.29, 1.82) is 0 Å². The fourth-order valence-corrected chi connectivity index (χ4v) is 3.77. The van der Waals surface area contributed by atoms with Crippen LogP contribution in [0.5, 0.6) is 5.75 Å². The molecule has 2 aromatic carbocycles. The summed E-state index contributed by atoms with van der Waals surface area (Å²) in [6.07, 6.45) is 3.80. The third-order valence-corrected chi connectivity index (χ3v) is 5.41. The number of aromatic hydroxyl groups is 1. The van der Waals surface area contributed by atoms with Crippen LogP contribution in [0.4, 0.5) is 0 Å². The zero-order valence-corrected chi connectivity index (χ0v) is 18.4. The number of ether oxygens (including phenoxy) is 1.